The van der Waals surface area contributed by atoms with Crippen molar-refractivity contribution in [2.24, 2.45) is 20.7 Å². The minimum Gasteiger partial charge on any atom is -0.383 e. The Morgan fingerprint density at radius 1 is 1.00 bits per heavy atom. The summed E-state index contributed by atoms with van der Waals surface area (Å²) >= 11 is 0. The monoisotopic (exact) mass is 289 g/mol. The minimum absolute atomic E-state index is 0.187. The molecule has 0 radical (unpaired) electrons. The van der Waals surface area contributed by atoms with Crippen LogP contribution < -0.4 is 11.1 Å². The minimum atomic E-state index is -0.187. The highest BCUT2D eigenvalue weighted by Gasteiger charge is 2.28. The van der Waals surface area contributed by atoms with E-state index in [1.165, 1.54) is 0 Å². The summed E-state index contributed by atoms with van der Waals surface area (Å²) in [5.74, 6) is 2.04. The lowest BCUT2D eigenvalue weighted by molar-refractivity contribution is 0.711. The molecule has 5 nitrogen and oxygen atoms in total. The first kappa shape index (κ1) is 12.8. The molecular weight excluding hydrogens is 274 g/mol. The van der Waals surface area contributed by atoms with E-state index in [-0.39, 0.29) is 6.17 Å². The molecule has 0 spiro atoms. The Balaban J connectivity index is 1.80. The van der Waals surface area contributed by atoms with Gasteiger partial charge in [0.1, 0.15) is 17.8 Å². The first-order valence-corrected chi connectivity index (χ1v) is 7.12. The van der Waals surface area contributed by atoms with E-state index in [0.717, 1.165) is 28.1 Å². The van der Waals surface area contributed by atoms with Crippen LogP contribution in [-0.4, -0.2) is 24.6 Å². The number of amidine groups is 3. The number of benzene rings is 2. The van der Waals surface area contributed by atoms with E-state index in [1.54, 1.807) is 7.05 Å². The van der Waals surface area contributed by atoms with Gasteiger partial charge in [-0.25, -0.2) is 9.98 Å². The molecule has 0 saturated carbocycles. The smallest absolute Gasteiger partial charge is 0.160 e. The fraction of sp³-hybridized carbons (Fsp3) is 0.118. The summed E-state index contributed by atoms with van der Waals surface area (Å²) in [6, 6.07) is 16.0. The molecule has 0 aliphatic carbocycles. The second-order valence-electron chi connectivity index (χ2n) is 5.20. The summed E-state index contributed by atoms with van der Waals surface area (Å²) in [6.07, 6.45) is -0.187. The molecule has 0 aromatic heterocycles. The Hall–Kier alpha value is -2.95. The molecule has 0 saturated heterocycles. The Morgan fingerprint density at radius 2 is 1.68 bits per heavy atom. The van der Waals surface area contributed by atoms with Crippen molar-refractivity contribution < 1.29 is 0 Å². The van der Waals surface area contributed by atoms with E-state index in [1.807, 2.05) is 42.5 Å². The number of hydrogen-bond acceptors (Lipinski definition) is 3. The normalized spacial score (nSPS) is 22.4. The second kappa shape index (κ2) is 4.80. The third kappa shape index (κ3) is 1.83. The molecule has 0 bridgehead atoms. The maximum atomic E-state index is 5.98. The molecule has 108 valence electrons. The quantitative estimate of drug-likeness (QED) is 0.840. The molecule has 4 rings (SSSR count). The predicted molar refractivity (Wildman–Crippen MR) is 88.5 cm³/mol. The molecular formula is C17H15N5. The summed E-state index contributed by atoms with van der Waals surface area (Å²) in [5.41, 5.74) is 10.1. The van der Waals surface area contributed by atoms with Crippen molar-refractivity contribution in [3.05, 3.63) is 70.8 Å². The predicted octanol–water partition coefficient (Wildman–Crippen LogP) is 1.83. The van der Waals surface area contributed by atoms with Gasteiger partial charge in [-0.1, -0.05) is 48.5 Å². The van der Waals surface area contributed by atoms with Crippen LogP contribution in [0.3, 0.4) is 0 Å². The van der Waals surface area contributed by atoms with E-state index in [2.05, 4.69) is 21.4 Å². The summed E-state index contributed by atoms with van der Waals surface area (Å²) in [7, 11) is 1.77. The standard InChI is InChI=1S/C17H15N5/c1-19-15-12-8-4-5-9-13(12)17(21-15)22-16-11-7-3-2-6-10(11)14(18)20-16/h2-9,17H,1H3,(H,19,21)(H2,18,20,22). The molecule has 1 atom stereocenters. The van der Waals surface area contributed by atoms with Gasteiger partial charge in [-0.15, -0.1) is 0 Å². The van der Waals surface area contributed by atoms with Crippen LogP contribution in [0.1, 0.15) is 28.4 Å². The van der Waals surface area contributed by atoms with Crippen molar-refractivity contribution in [1.82, 2.24) is 5.32 Å². The van der Waals surface area contributed by atoms with Gasteiger partial charge in [0.2, 0.25) is 0 Å². The van der Waals surface area contributed by atoms with Crippen LogP contribution in [0.4, 0.5) is 0 Å². The third-order valence-electron chi connectivity index (χ3n) is 3.93. The lowest BCUT2D eigenvalue weighted by atomic mass is 10.1. The molecule has 0 fully saturated rings. The number of aliphatic imine (C=N–C) groups is 3. The maximum absolute atomic E-state index is 5.98. The average Bonchev–Trinajstić information content (AvgIpc) is 3.07. The van der Waals surface area contributed by atoms with E-state index in [0.29, 0.717) is 11.7 Å². The topological polar surface area (TPSA) is 75.1 Å². The highest BCUT2D eigenvalue weighted by Crippen LogP contribution is 2.28. The summed E-state index contributed by atoms with van der Waals surface area (Å²) in [4.78, 5) is 13.5. The maximum Gasteiger partial charge on any atom is 0.160 e. The largest absolute Gasteiger partial charge is 0.383 e. The molecule has 1 unspecified atom stereocenters. The molecule has 5 heteroatoms. The highest BCUT2D eigenvalue weighted by molar-refractivity contribution is 6.22. The van der Waals surface area contributed by atoms with Gasteiger partial charge in [0.05, 0.1) is 0 Å². The first-order chi connectivity index (χ1) is 10.8. The van der Waals surface area contributed by atoms with Crippen LogP contribution in [-0.2, 0) is 0 Å². The molecule has 22 heavy (non-hydrogen) atoms. The second-order valence-corrected chi connectivity index (χ2v) is 5.20. The Labute approximate surface area is 128 Å². The molecule has 2 aliphatic rings. The Kier molecular flexibility index (Phi) is 2.79. The fourth-order valence-electron chi connectivity index (χ4n) is 2.88. The average molecular weight is 289 g/mol. The molecule has 2 heterocycles. The van der Waals surface area contributed by atoms with E-state index in [9.17, 15) is 0 Å². The van der Waals surface area contributed by atoms with E-state index < -0.39 is 0 Å². The number of fused-ring (bicyclic) bond motifs is 2. The van der Waals surface area contributed by atoms with Gasteiger partial charge in [0.15, 0.2) is 5.84 Å². The van der Waals surface area contributed by atoms with Crippen LogP contribution in [0, 0.1) is 0 Å². The van der Waals surface area contributed by atoms with Crippen molar-refractivity contribution in [2.75, 3.05) is 7.05 Å². The number of nitrogens with one attached hydrogen (secondary N) is 1. The van der Waals surface area contributed by atoms with Gasteiger partial charge in [-0.05, 0) is 0 Å². The zero-order chi connectivity index (χ0) is 15.1. The first-order valence-electron chi connectivity index (χ1n) is 7.12. The van der Waals surface area contributed by atoms with Crippen LogP contribution in [0.15, 0.2) is 63.5 Å². The van der Waals surface area contributed by atoms with Gasteiger partial charge >= 0.3 is 0 Å². The fourth-order valence-corrected chi connectivity index (χ4v) is 2.88. The molecule has 0 amide bonds. The lowest BCUT2D eigenvalue weighted by Gasteiger charge is -2.08. The molecule has 2 aromatic rings. The van der Waals surface area contributed by atoms with Gasteiger partial charge in [0, 0.05) is 29.3 Å². The molecule has 2 aliphatic heterocycles. The molecule has 3 N–H and O–H groups in total. The van der Waals surface area contributed by atoms with Gasteiger partial charge in [0.25, 0.3) is 0 Å². The highest BCUT2D eigenvalue weighted by atomic mass is 15.2. The van der Waals surface area contributed by atoms with E-state index in [4.69, 9.17) is 10.7 Å². The van der Waals surface area contributed by atoms with Crippen molar-refractivity contribution >= 4 is 17.5 Å². The van der Waals surface area contributed by atoms with Crippen molar-refractivity contribution in [3.63, 3.8) is 0 Å². The van der Waals surface area contributed by atoms with Crippen LogP contribution in [0.25, 0.3) is 0 Å². The zero-order valence-electron chi connectivity index (χ0n) is 12.1. The third-order valence-corrected chi connectivity index (χ3v) is 3.93. The summed E-state index contributed by atoms with van der Waals surface area (Å²) in [5, 5.41) is 3.33. The number of hydrogen-bond donors (Lipinski definition) is 2. The number of nitrogens with zero attached hydrogens (tertiary/aromatic N) is 3. The van der Waals surface area contributed by atoms with Crippen molar-refractivity contribution in [2.45, 2.75) is 6.17 Å². The van der Waals surface area contributed by atoms with Gasteiger partial charge < -0.3 is 11.1 Å². The number of rotatable bonds is 1. The van der Waals surface area contributed by atoms with Crippen LogP contribution >= 0.6 is 0 Å². The van der Waals surface area contributed by atoms with E-state index >= 15 is 0 Å². The lowest BCUT2D eigenvalue weighted by Crippen LogP contribution is -2.19. The van der Waals surface area contributed by atoms with Crippen LogP contribution in [0.2, 0.25) is 0 Å². The Morgan fingerprint density at radius 3 is 2.45 bits per heavy atom. The van der Waals surface area contributed by atoms with Crippen LogP contribution in [0.5, 0.6) is 0 Å². The zero-order valence-corrected chi connectivity index (χ0v) is 12.1. The number of nitrogens with two attached hydrogens (primary N) is 1. The molecule has 2 aromatic carbocycles. The Bertz CT molecular complexity index is 848. The summed E-state index contributed by atoms with van der Waals surface area (Å²) < 4.78 is 0. The van der Waals surface area contributed by atoms with Crippen molar-refractivity contribution in [3.8, 4) is 0 Å². The van der Waals surface area contributed by atoms with Crippen molar-refractivity contribution in [1.29, 1.82) is 0 Å². The van der Waals surface area contributed by atoms with Gasteiger partial charge in [-0.2, -0.15) is 0 Å². The van der Waals surface area contributed by atoms with Gasteiger partial charge in [-0.3, -0.25) is 4.99 Å². The summed E-state index contributed by atoms with van der Waals surface area (Å²) in [6.45, 7) is 0. The SMILES string of the molecule is CN=C1NC(/N=C2\N=C(N)c3ccccc32)c2ccccc21.